The predicted molar refractivity (Wildman–Crippen MR) is 80.7 cm³/mol. The second-order valence-electron chi connectivity index (χ2n) is 6.87. The van der Waals surface area contributed by atoms with Gasteiger partial charge in [-0.05, 0) is 55.7 Å². The Kier molecular flexibility index (Phi) is 4.55. The average Bonchev–Trinajstić information content (AvgIpc) is 2.47. The van der Waals surface area contributed by atoms with Crippen LogP contribution in [-0.4, -0.2) is 18.0 Å². The van der Waals surface area contributed by atoms with Crippen LogP contribution in [0.25, 0.3) is 0 Å². The molecule has 0 heterocycles. The zero-order valence-corrected chi connectivity index (χ0v) is 13.1. The molecule has 1 aromatic rings. The zero-order valence-electron chi connectivity index (χ0n) is 13.1. The summed E-state index contributed by atoms with van der Waals surface area (Å²) in [4.78, 5) is 12.4. The molecule has 24 heavy (non-hydrogen) atoms. The molecule has 0 radical (unpaired) electrons. The lowest BCUT2D eigenvalue weighted by Crippen LogP contribution is -2.53. The third-order valence-corrected chi connectivity index (χ3v) is 5.21. The van der Waals surface area contributed by atoms with Crippen LogP contribution >= 0.6 is 0 Å². The van der Waals surface area contributed by atoms with Gasteiger partial charge in [-0.25, -0.2) is 4.39 Å². The number of amides is 1. The highest BCUT2D eigenvalue weighted by atomic mass is 19.4. The minimum atomic E-state index is -4.82. The van der Waals surface area contributed by atoms with Crippen molar-refractivity contribution in [2.45, 2.75) is 50.4 Å². The molecule has 7 heteroatoms. The van der Waals surface area contributed by atoms with Gasteiger partial charge in [-0.1, -0.05) is 6.42 Å². The number of fused-ring (bicyclic) bond motifs is 2. The van der Waals surface area contributed by atoms with E-state index in [-0.39, 0.29) is 29.5 Å². The van der Waals surface area contributed by atoms with Gasteiger partial charge in [-0.3, -0.25) is 4.79 Å². The summed E-state index contributed by atoms with van der Waals surface area (Å²) in [6, 6.07) is 2.41. The lowest BCUT2D eigenvalue weighted by Gasteiger charge is -2.45. The zero-order chi connectivity index (χ0) is 17.5. The summed E-state index contributed by atoms with van der Waals surface area (Å²) in [6.07, 6.45) is -0.173. The topological polar surface area (TPSA) is 55.1 Å². The maximum atomic E-state index is 13.4. The highest BCUT2D eigenvalue weighted by Crippen LogP contribution is 2.40. The number of halogens is 4. The number of carbonyl (C=O) groups excluding carboxylic acids is 1. The Bertz CT molecular complexity index is 618. The van der Waals surface area contributed by atoms with Crippen LogP contribution < -0.4 is 11.1 Å². The Morgan fingerprint density at radius 2 is 1.79 bits per heavy atom. The number of hydrogen-bond acceptors (Lipinski definition) is 2. The number of hydrogen-bond donors (Lipinski definition) is 2. The molecule has 2 bridgehead atoms. The van der Waals surface area contributed by atoms with E-state index in [0.29, 0.717) is 12.1 Å². The first-order valence-electron chi connectivity index (χ1n) is 8.19. The Balaban J connectivity index is 1.78. The van der Waals surface area contributed by atoms with Crippen molar-refractivity contribution in [3.05, 3.63) is 35.1 Å². The quantitative estimate of drug-likeness (QED) is 0.807. The molecule has 0 spiro atoms. The van der Waals surface area contributed by atoms with Gasteiger partial charge in [0.15, 0.2) is 0 Å². The van der Waals surface area contributed by atoms with Gasteiger partial charge in [0.2, 0.25) is 0 Å². The van der Waals surface area contributed by atoms with Crippen LogP contribution in [0.1, 0.15) is 48.0 Å². The van der Waals surface area contributed by atoms with Gasteiger partial charge >= 0.3 is 6.18 Å². The summed E-state index contributed by atoms with van der Waals surface area (Å²) < 4.78 is 51.7. The van der Waals surface area contributed by atoms with Gasteiger partial charge in [0, 0.05) is 17.6 Å². The van der Waals surface area contributed by atoms with Crippen LogP contribution in [0.2, 0.25) is 0 Å². The molecule has 3 N–H and O–H groups in total. The highest BCUT2D eigenvalue weighted by molar-refractivity contribution is 5.94. The van der Waals surface area contributed by atoms with Gasteiger partial charge < -0.3 is 11.1 Å². The number of alkyl halides is 3. The molecular weight excluding hydrogens is 324 g/mol. The first kappa shape index (κ1) is 17.2. The molecule has 2 atom stereocenters. The molecule has 2 fully saturated rings. The number of nitrogens with two attached hydrogens (primary N) is 1. The summed E-state index contributed by atoms with van der Waals surface area (Å²) in [5, 5.41) is 2.87. The summed E-state index contributed by atoms with van der Waals surface area (Å²) >= 11 is 0. The van der Waals surface area contributed by atoms with Gasteiger partial charge in [-0.2, -0.15) is 13.2 Å². The number of benzene rings is 1. The van der Waals surface area contributed by atoms with Crippen LogP contribution in [0.4, 0.5) is 17.6 Å². The first-order chi connectivity index (χ1) is 11.3. The average molecular weight is 344 g/mol. The van der Waals surface area contributed by atoms with E-state index in [1.54, 1.807) is 0 Å². The molecule has 1 aromatic carbocycles. The van der Waals surface area contributed by atoms with Crippen molar-refractivity contribution in [3.63, 3.8) is 0 Å². The van der Waals surface area contributed by atoms with E-state index in [9.17, 15) is 22.4 Å². The van der Waals surface area contributed by atoms with Crippen molar-refractivity contribution < 1.29 is 22.4 Å². The Hall–Kier alpha value is -1.63. The molecule has 2 saturated carbocycles. The van der Waals surface area contributed by atoms with Crippen molar-refractivity contribution in [1.29, 1.82) is 0 Å². The fourth-order valence-corrected chi connectivity index (χ4v) is 4.14. The summed E-state index contributed by atoms with van der Waals surface area (Å²) in [5.74, 6) is -1.43. The van der Waals surface area contributed by atoms with Crippen LogP contribution in [-0.2, 0) is 6.18 Å². The van der Waals surface area contributed by atoms with E-state index in [1.807, 2.05) is 0 Å². The van der Waals surface area contributed by atoms with E-state index < -0.39 is 23.5 Å². The van der Waals surface area contributed by atoms with Crippen LogP contribution in [0.15, 0.2) is 18.2 Å². The van der Waals surface area contributed by atoms with Crippen LogP contribution in [0.5, 0.6) is 0 Å². The van der Waals surface area contributed by atoms with Gasteiger partial charge in [0.25, 0.3) is 5.91 Å². The van der Waals surface area contributed by atoms with Crippen molar-refractivity contribution in [1.82, 2.24) is 5.32 Å². The fourth-order valence-electron chi connectivity index (χ4n) is 4.14. The second kappa shape index (κ2) is 6.35. The molecular formula is C17H20F4N2O. The predicted octanol–water partition coefficient (Wildman–Crippen LogP) is 3.48. The van der Waals surface area contributed by atoms with Crippen molar-refractivity contribution in [2.75, 3.05) is 0 Å². The number of nitrogens with one attached hydrogen (secondary N) is 1. The molecule has 0 saturated heterocycles. The molecule has 3 rings (SSSR count). The Labute approximate surface area is 137 Å². The SMILES string of the molecule is NC1CC2CCCC(C1)C2NC(=O)c1ccc(F)c(C(F)(F)F)c1. The van der Waals surface area contributed by atoms with Crippen LogP contribution in [0.3, 0.4) is 0 Å². The molecule has 2 aliphatic carbocycles. The molecule has 0 aliphatic heterocycles. The molecule has 0 aromatic heterocycles. The highest BCUT2D eigenvalue weighted by Gasteiger charge is 2.40. The van der Waals surface area contributed by atoms with E-state index in [1.165, 1.54) is 0 Å². The largest absolute Gasteiger partial charge is 0.419 e. The maximum absolute atomic E-state index is 13.4. The fraction of sp³-hybridized carbons (Fsp3) is 0.588. The normalized spacial score (nSPS) is 30.0. The summed E-state index contributed by atoms with van der Waals surface area (Å²) in [6.45, 7) is 0. The van der Waals surface area contributed by atoms with E-state index in [2.05, 4.69) is 5.32 Å². The lowest BCUT2D eigenvalue weighted by atomic mass is 9.67. The smallest absolute Gasteiger partial charge is 0.349 e. The standard InChI is InChI=1S/C17H20F4N2O/c18-14-5-4-11(8-13(14)17(19,20)21)16(24)23-15-9-2-1-3-10(15)7-12(22)6-9/h4-5,8-10,12,15H,1-3,6-7,22H2,(H,23,24). The number of carbonyl (C=O) groups is 1. The lowest BCUT2D eigenvalue weighted by molar-refractivity contribution is -0.140. The minimum absolute atomic E-state index is 0.0644. The van der Waals surface area contributed by atoms with Crippen LogP contribution in [0, 0.1) is 17.7 Å². The van der Waals surface area contributed by atoms with Gasteiger partial charge in [0.1, 0.15) is 5.82 Å². The molecule has 2 aliphatic rings. The summed E-state index contributed by atoms with van der Waals surface area (Å²) in [5.41, 5.74) is 4.45. The molecule has 1 amide bonds. The van der Waals surface area contributed by atoms with E-state index >= 15 is 0 Å². The third-order valence-electron chi connectivity index (χ3n) is 5.21. The minimum Gasteiger partial charge on any atom is -0.349 e. The van der Waals surface area contributed by atoms with Crippen molar-refractivity contribution in [2.24, 2.45) is 17.6 Å². The Morgan fingerprint density at radius 1 is 1.17 bits per heavy atom. The molecule has 132 valence electrons. The van der Waals surface area contributed by atoms with Gasteiger partial charge in [0.05, 0.1) is 5.56 Å². The summed E-state index contributed by atoms with van der Waals surface area (Å²) in [7, 11) is 0. The van der Waals surface area contributed by atoms with Crippen molar-refractivity contribution in [3.8, 4) is 0 Å². The number of rotatable bonds is 2. The third kappa shape index (κ3) is 3.41. The Morgan fingerprint density at radius 3 is 2.38 bits per heavy atom. The molecule has 3 nitrogen and oxygen atoms in total. The van der Waals surface area contributed by atoms with Crippen molar-refractivity contribution >= 4 is 5.91 Å². The van der Waals surface area contributed by atoms with E-state index in [4.69, 9.17) is 5.73 Å². The van der Waals surface area contributed by atoms with Gasteiger partial charge in [-0.15, -0.1) is 0 Å². The first-order valence-corrected chi connectivity index (χ1v) is 8.19. The molecule has 2 unspecified atom stereocenters. The van der Waals surface area contributed by atoms with E-state index in [0.717, 1.165) is 38.2 Å². The second-order valence-corrected chi connectivity index (χ2v) is 6.87. The maximum Gasteiger partial charge on any atom is 0.419 e. The monoisotopic (exact) mass is 344 g/mol.